The molecule has 1 aliphatic rings. The second-order valence-corrected chi connectivity index (χ2v) is 5.99. The molecule has 0 aliphatic heterocycles. The topological polar surface area (TPSA) is 38.9 Å². The van der Waals surface area contributed by atoms with Crippen molar-refractivity contribution in [3.05, 3.63) is 58.7 Å². The first-order valence-corrected chi connectivity index (χ1v) is 7.17. The van der Waals surface area contributed by atoms with E-state index in [0.717, 1.165) is 23.2 Å². The number of hydrogen-bond acceptors (Lipinski definition) is 3. The lowest BCUT2D eigenvalue weighted by atomic mass is 10.00. The number of halogens is 2. The molecule has 1 aliphatic carbocycles. The van der Waals surface area contributed by atoms with Gasteiger partial charge in [0.05, 0.1) is 5.69 Å². The Morgan fingerprint density at radius 3 is 2.52 bits per heavy atom. The summed E-state index contributed by atoms with van der Waals surface area (Å²) in [5.74, 6) is -0.211. The van der Waals surface area contributed by atoms with Crippen LogP contribution in [0.25, 0.3) is 22.4 Å². The van der Waals surface area contributed by atoms with Gasteiger partial charge in [-0.05, 0) is 28.8 Å². The molecule has 0 fully saturated rings. The highest BCUT2D eigenvalue weighted by Crippen LogP contribution is 2.41. The smallest absolute Gasteiger partial charge is 0.180 e. The summed E-state index contributed by atoms with van der Waals surface area (Å²) in [5.41, 5.74) is 11.3. The number of aromatic nitrogens is 1. The minimum atomic E-state index is -0.211. The zero-order valence-electron chi connectivity index (χ0n) is 11.0. The third-order valence-electron chi connectivity index (χ3n) is 3.60. The van der Waals surface area contributed by atoms with Crippen LogP contribution in [-0.4, -0.2) is 4.98 Å². The number of nitrogens with zero attached hydrogens (tertiary/aromatic N) is 1. The van der Waals surface area contributed by atoms with Crippen LogP contribution in [0.1, 0.15) is 10.4 Å². The SMILES string of the molecule is I.Nc1nc2c(s1)Cc1cc(-c3ccc(F)cc3)ccc1-2. The Morgan fingerprint density at radius 2 is 1.76 bits per heavy atom. The summed E-state index contributed by atoms with van der Waals surface area (Å²) in [7, 11) is 0. The number of nitrogens with two attached hydrogens (primary N) is 1. The van der Waals surface area contributed by atoms with Crippen LogP contribution in [-0.2, 0) is 6.42 Å². The van der Waals surface area contributed by atoms with E-state index < -0.39 is 0 Å². The number of hydrogen-bond donors (Lipinski definition) is 1. The molecule has 1 aromatic heterocycles. The minimum Gasteiger partial charge on any atom is -0.375 e. The molecular weight excluding hydrogens is 398 g/mol. The molecule has 0 atom stereocenters. The van der Waals surface area contributed by atoms with Crippen molar-refractivity contribution in [2.24, 2.45) is 0 Å². The summed E-state index contributed by atoms with van der Waals surface area (Å²) in [6, 6.07) is 12.9. The molecule has 2 N–H and O–H groups in total. The van der Waals surface area contributed by atoms with E-state index in [0.29, 0.717) is 5.13 Å². The van der Waals surface area contributed by atoms with E-state index >= 15 is 0 Å². The van der Waals surface area contributed by atoms with Gasteiger partial charge in [0, 0.05) is 16.9 Å². The summed E-state index contributed by atoms with van der Waals surface area (Å²) >= 11 is 1.55. The van der Waals surface area contributed by atoms with Gasteiger partial charge in [-0.2, -0.15) is 0 Å². The highest BCUT2D eigenvalue weighted by atomic mass is 127. The average Bonchev–Trinajstić information content (AvgIpc) is 2.94. The number of anilines is 1. The van der Waals surface area contributed by atoms with E-state index in [-0.39, 0.29) is 29.8 Å². The van der Waals surface area contributed by atoms with Gasteiger partial charge in [-0.1, -0.05) is 30.3 Å². The number of thiazole rings is 1. The summed E-state index contributed by atoms with van der Waals surface area (Å²) in [6.07, 6.45) is 0.884. The quantitative estimate of drug-likeness (QED) is 0.462. The first-order valence-electron chi connectivity index (χ1n) is 6.35. The van der Waals surface area contributed by atoms with Gasteiger partial charge >= 0.3 is 0 Å². The van der Waals surface area contributed by atoms with Gasteiger partial charge < -0.3 is 5.73 Å². The second-order valence-electron chi connectivity index (χ2n) is 4.88. The van der Waals surface area contributed by atoms with E-state index in [4.69, 9.17) is 5.73 Å². The van der Waals surface area contributed by atoms with E-state index in [1.807, 2.05) is 0 Å². The molecule has 3 aromatic rings. The number of rotatable bonds is 1. The van der Waals surface area contributed by atoms with E-state index in [1.165, 1.54) is 28.1 Å². The van der Waals surface area contributed by atoms with Gasteiger partial charge in [-0.15, -0.1) is 35.3 Å². The number of benzene rings is 2. The second kappa shape index (κ2) is 5.38. The summed E-state index contributed by atoms with van der Waals surface area (Å²) in [6.45, 7) is 0. The fourth-order valence-corrected chi connectivity index (χ4v) is 3.54. The van der Waals surface area contributed by atoms with Crippen molar-refractivity contribution in [2.75, 3.05) is 5.73 Å². The van der Waals surface area contributed by atoms with Crippen LogP contribution < -0.4 is 5.73 Å². The van der Waals surface area contributed by atoms with Gasteiger partial charge in [0.15, 0.2) is 5.13 Å². The van der Waals surface area contributed by atoms with Crippen molar-refractivity contribution in [2.45, 2.75) is 6.42 Å². The van der Waals surface area contributed by atoms with E-state index in [1.54, 1.807) is 23.5 Å². The first kappa shape index (κ1) is 14.5. The lowest BCUT2D eigenvalue weighted by Gasteiger charge is -2.05. The van der Waals surface area contributed by atoms with Crippen LogP contribution >= 0.6 is 35.3 Å². The largest absolute Gasteiger partial charge is 0.375 e. The summed E-state index contributed by atoms with van der Waals surface area (Å²) in [5, 5.41) is 0.628. The first-order chi connectivity index (χ1) is 9.70. The van der Waals surface area contributed by atoms with E-state index in [9.17, 15) is 4.39 Å². The van der Waals surface area contributed by atoms with Crippen molar-refractivity contribution < 1.29 is 4.39 Å². The molecule has 0 saturated heterocycles. The van der Waals surface area contributed by atoms with Crippen molar-refractivity contribution in [1.82, 2.24) is 4.98 Å². The Balaban J connectivity index is 0.00000132. The Morgan fingerprint density at radius 1 is 1.05 bits per heavy atom. The van der Waals surface area contributed by atoms with Crippen LogP contribution in [0.2, 0.25) is 0 Å². The predicted molar refractivity (Wildman–Crippen MR) is 95.6 cm³/mol. The molecule has 21 heavy (non-hydrogen) atoms. The van der Waals surface area contributed by atoms with Crippen LogP contribution in [0.5, 0.6) is 0 Å². The normalized spacial score (nSPS) is 11.7. The Bertz CT molecular complexity index is 812. The molecule has 0 saturated carbocycles. The zero-order valence-corrected chi connectivity index (χ0v) is 14.1. The Kier molecular flexibility index (Phi) is 3.71. The molecule has 4 rings (SSSR count). The minimum absolute atomic E-state index is 0. The summed E-state index contributed by atoms with van der Waals surface area (Å²) < 4.78 is 13.0. The molecule has 0 amide bonds. The molecule has 2 nitrogen and oxygen atoms in total. The molecule has 0 unspecified atom stereocenters. The molecular formula is C16H12FIN2S. The Hall–Kier alpha value is -1.47. The summed E-state index contributed by atoms with van der Waals surface area (Å²) in [4.78, 5) is 5.62. The van der Waals surface area contributed by atoms with Crippen molar-refractivity contribution >= 4 is 40.4 Å². The van der Waals surface area contributed by atoms with Crippen molar-refractivity contribution in [3.63, 3.8) is 0 Å². The molecule has 1 heterocycles. The van der Waals surface area contributed by atoms with Crippen LogP contribution in [0, 0.1) is 5.82 Å². The van der Waals surface area contributed by atoms with Crippen molar-refractivity contribution in [3.8, 4) is 22.4 Å². The van der Waals surface area contributed by atoms with Crippen LogP contribution in [0.4, 0.5) is 9.52 Å². The molecule has 2 aromatic carbocycles. The van der Waals surface area contributed by atoms with Crippen molar-refractivity contribution in [1.29, 1.82) is 0 Å². The molecule has 0 radical (unpaired) electrons. The molecule has 0 bridgehead atoms. The zero-order chi connectivity index (χ0) is 13.7. The van der Waals surface area contributed by atoms with Crippen LogP contribution in [0.3, 0.4) is 0 Å². The third-order valence-corrected chi connectivity index (χ3v) is 4.49. The maximum Gasteiger partial charge on any atom is 0.180 e. The van der Waals surface area contributed by atoms with Gasteiger partial charge in [-0.3, -0.25) is 0 Å². The fraction of sp³-hybridized carbons (Fsp3) is 0.0625. The highest BCUT2D eigenvalue weighted by Gasteiger charge is 2.22. The predicted octanol–water partition coefficient (Wildman–Crippen LogP) is 4.72. The number of nitrogen functional groups attached to an aromatic ring is 1. The van der Waals surface area contributed by atoms with Gasteiger partial charge in [0.25, 0.3) is 0 Å². The fourth-order valence-electron chi connectivity index (χ4n) is 2.67. The van der Waals surface area contributed by atoms with Gasteiger partial charge in [-0.25, -0.2) is 9.37 Å². The molecule has 106 valence electrons. The maximum atomic E-state index is 13.0. The standard InChI is InChI=1S/C16H11FN2S.HI/c17-12-4-1-9(2-5-12)10-3-6-13-11(7-10)8-14-15(13)19-16(18)20-14;/h1-7H,8H2,(H2,18,19);1H. The van der Waals surface area contributed by atoms with Crippen LogP contribution in [0.15, 0.2) is 42.5 Å². The highest BCUT2D eigenvalue weighted by molar-refractivity contribution is 14.0. The monoisotopic (exact) mass is 410 g/mol. The molecule has 5 heteroatoms. The average molecular weight is 410 g/mol. The third kappa shape index (κ3) is 2.44. The Labute approximate surface area is 142 Å². The van der Waals surface area contributed by atoms with Gasteiger partial charge in [0.1, 0.15) is 5.82 Å². The lowest BCUT2D eigenvalue weighted by molar-refractivity contribution is 0.628. The van der Waals surface area contributed by atoms with E-state index in [2.05, 4.69) is 23.2 Å². The maximum absolute atomic E-state index is 13.0. The lowest BCUT2D eigenvalue weighted by Crippen LogP contribution is -1.86. The van der Waals surface area contributed by atoms with Gasteiger partial charge in [0.2, 0.25) is 0 Å². The number of fused-ring (bicyclic) bond motifs is 3. The molecule has 0 spiro atoms.